The predicted octanol–water partition coefficient (Wildman–Crippen LogP) is 2.18. The van der Waals surface area contributed by atoms with Gasteiger partial charge in [0.1, 0.15) is 5.82 Å². The zero-order valence-electron chi connectivity index (χ0n) is 20.7. The number of rotatable bonds is 7. The molecule has 4 rings (SSSR count). The van der Waals surface area contributed by atoms with Gasteiger partial charge in [-0.3, -0.25) is 14.2 Å². The maximum absolute atomic E-state index is 12.8. The standard InChI is InChI=1S/C26H39N5O3/c1-28(2)22-9-6-14-30(18-22)23-17-25(33)31(20-27-23)19-26(34)12-15-29(16-13-26)24(32)11-10-21-7-4-3-5-8-21/h4,7-8,17,20,22,34H,3,5-6,9-16,18-19H2,1-2H3. The summed E-state index contributed by atoms with van der Waals surface area (Å²) in [4.78, 5) is 36.3. The van der Waals surface area contributed by atoms with E-state index in [9.17, 15) is 14.7 Å². The Morgan fingerprint density at radius 2 is 2.03 bits per heavy atom. The molecule has 1 aromatic rings. The molecule has 1 N–H and O–H groups in total. The molecule has 2 aliphatic heterocycles. The van der Waals surface area contributed by atoms with Gasteiger partial charge in [0.2, 0.25) is 5.91 Å². The van der Waals surface area contributed by atoms with E-state index in [0.29, 0.717) is 44.2 Å². The number of aliphatic hydroxyl groups is 1. The third-order valence-electron chi connectivity index (χ3n) is 7.53. The summed E-state index contributed by atoms with van der Waals surface area (Å²) in [5, 5.41) is 11.1. The lowest BCUT2D eigenvalue weighted by molar-refractivity contribution is -0.135. The molecule has 1 aliphatic carbocycles. The number of aromatic nitrogens is 2. The van der Waals surface area contributed by atoms with Crippen molar-refractivity contribution in [2.24, 2.45) is 0 Å². The van der Waals surface area contributed by atoms with Crippen LogP contribution in [-0.2, 0) is 11.3 Å². The van der Waals surface area contributed by atoms with Crippen LogP contribution in [0.5, 0.6) is 0 Å². The van der Waals surface area contributed by atoms with E-state index in [1.165, 1.54) is 10.1 Å². The number of hydrogen-bond acceptors (Lipinski definition) is 6. The SMILES string of the molecule is CN(C)C1CCCN(c2cc(=O)n(CC3(O)CCN(C(=O)CCC4=CCCC=C4)CC3)cn2)C1. The van der Waals surface area contributed by atoms with E-state index < -0.39 is 5.60 Å². The fourth-order valence-electron chi connectivity index (χ4n) is 5.20. The second-order valence-corrected chi connectivity index (χ2v) is 10.3. The van der Waals surface area contributed by atoms with Gasteiger partial charge in [0.25, 0.3) is 5.56 Å². The molecule has 0 bridgehead atoms. The van der Waals surface area contributed by atoms with Gasteiger partial charge >= 0.3 is 0 Å². The first-order valence-electron chi connectivity index (χ1n) is 12.7. The van der Waals surface area contributed by atoms with Gasteiger partial charge in [-0.05, 0) is 59.0 Å². The molecule has 8 nitrogen and oxygen atoms in total. The summed E-state index contributed by atoms with van der Waals surface area (Å²) in [6, 6.07) is 2.05. The topological polar surface area (TPSA) is 81.9 Å². The molecule has 1 atom stereocenters. The second-order valence-electron chi connectivity index (χ2n) is 10.3. The van der Waals surface area contributed by atoms with E-state index in [-0.39, 0.29) is 18.0 Å². The molecule has 1 aromatic heterocycles. The molecule has 0 aromatic carbocycles. The largest absolute Gasteiger partial charge is 0.388 e. The number of likely N-dealkylation sites (N-methyl/N-ethyl adjacent to an activating group) is 1. The van der Waals surface area contributed by atoms with Crippen LogP contribution in [0.15, 0.2) is 41.0 Å². The maximum Gasteiger partial charge on any atom is 0.255 e. The Balaban J connectivity index is 1.30. The zero-order valence-corrected chi connectivity index (χ0v) is 20.7. The average Bonchev–Trinajstić information content (AvgIpc) is 2.85. The van der Waals surface area contributed by atoms with E-state index in [1.807, 2.05) is 4.90 Å². The van der Waals surface area contributed by atoms with Gasteiger partial charge in [0, 0.05) is 44.7 Å². The fraction of sp³-hybridized carbons (Fsp3) is 0.654. The van der Waals surface area contributed by atoms with Gasteiger partial charge in [-0.1, -0.05) is 23.8 Å². The van der Waals surface area contributed by atoms with Gasteiger partial charge in [0.15, 0.2) is 0 Å². The van der Waals surface area contributed by atoms with Gasteiger partial charge < -0.3 is 19.8 Å². The third-order valence-corrected chi connectivity index (χ3v) is 7.53. The van der Waals surface area contributed by atoms with E-state index >= 15 is 0 Å². The maximum atomic E-state index is 12.8. The average molecular weight is 470 g/mol. The van der Waals surface area contributed by atoms with Crippen molar-refractivity contribution < 1.29 is 9.90 Å². The Morgan fingerprint density at radius 3 is 2.71 bits per heavy atom. The zero-order chi connectivity index (χ0) is 24.1. The Bertz CT molecular complexity index is 975. The molecule has 3 heterocycles. The van der Waals surface area contributed by atoms with Gasteiger partial charge in [0.05, 0.1) is 18.5 Å². The number of amides is 1. The molecule has 0 saturated carbocycles. The molecule has 2 fully saturated rings. The van der Waals surface area contributed by atoms with E-state index in [1.54, 1.807) is 12.4 Å². The second kappa shape index (κ2) is 10.9. The fourth-order valence-corrected chi connectivity index (χ4v) is 5.20. The molecular formula is C26H39N5O3. The summed E-state index contributed by atoms with van der Waals surface area (Å²) >= 11 is 0. The molecule has 0 spiro atoms. The molecular weight excluding hydrogens is 430 g/mol. The van der Waals surface area contributed by atoms with Gasteiger partial charge in [-0.25, -0.2) is 4.98 Å². The highest BCUT2D eigenvalue weighted by Crippen LogP contribution is 2.25. The van der Waals surface area contributed by atoms with Gasteiger partial charge in [-0.15, -0.1) is 0 Å². The molecule has 186 valence electrons. The van der Waals surface area contributed by atoms with Crippen LogP contribution in [0.3, 0.4) is 0 Å². The molecule has 2 saturated heterocycles. The van der Waals surface area contributed by atoms with Crippen LogP contribution >= 0.6 is 0 Å². The number of piperidine rings is 2. The molecule has 0 radical (unpaired) electrons. The van der Waals surface area contributed by atoms with Crippen molar-refractivity contribution in [3.8, 4) is 0 Å². The minimum Gasteiger partial charge on any atom is -0.388 e. The van der Waals surface area contributed by atoms with Gasteiger partial charge in [-0.2, -0.15) is 0 Å². The Labute approximate surface area is 202 Å². The predicted molar refractivity (Wildman–Crippen MR) is 134 cm³/mol. The molecule has 1 amide bonds. The Morgan fingerprint density at radius 1 is 1.24 bits per heavy atom. The number of allylic oxidation sites excluding steroid dienone is 4. The summed E-state index contributed by atoms with van der Waals surface area (Å²) in [5.74, 6) is 0.853. The van der Waals surface area contributed by atoms with E-state index in [2.05, 4.69) is 47.1 Å². The molecule has 1 unspecified atom stereocenters. The first-order valence-corrected chi connectivity index (χ1v) is 12.7. The van der Waals surface area contributed by atoms with Crippen LogP contribution in [0.25, 0.3) is 0 Å². The highest BCUT2D eigenvalue weighted by atomic mass is 16.3. The number of anilines is 1. The minimum absolute atomic E-state index is 0.141. The summed E-state index contributed by atoms with van der Waals surface area (Å²) in [5.41, 5.74) is 0.0995. The van der Waals surface area contributed by atoms with Crippen molar-refractivity contribution >= 4 is 11.7 Å². The third kappa shape index (κ3) is 6.16. The lowest BCUT2D eigenvalue weighted by Crippen LogP contribution is -2.49. The monoisotopic (exact) mass is 469 g/mol. The highest BCUT2D eigenvalue weighted by Gasteiger charge is 2.34. The van der Waals surface area contributed by atoms with Crippen molar-refractivity contribution in [1.29, 1.82) is 0 Å². The lowest BCUT2D eigenvalue weighted by Gasteiger charge is -2.38. The van der Waals surface area contributed by atoms with Crippen LogP contribution in [-0.4, -0.2) is 82.3 Å². The lowest BCUT2D eigenvalue weighted by atomic mass is 9.91. The van der Waals surface area contributed by atoms with Crippen LogP contribution in [0.1, 0.15) is 51.4 Å². The summed E-state index contributed by atoms with van der Waals surface area (Å²) < 4.78 is 1.51. The van der Waals surface area contributed by atoms with Crippen LogP contribution in [0, 0.1) is 0 Å². The first kappa shape index (κ1) is 24.7. The number of carbonyl (C=O) groups is 1. The minimum atomic E-state index is -1.00. The molecule has 34 heavy (non-hydrogen) atoms. The van der Waals surface area contributed by atoms with Crippen molar-refractivity contribution in [3.63, 3.8) is 0 Å². The van der Waals surface area contributed by atoms with Crippen molar-refractivity contribution in [2.75, 3.05) is 45.2 Å². The smallest absolute Gasteiger partial charge is 0.255 e. The number of hydrogen-bond donors (Lipinski definition) is 1. The van der Waals surface area contributed by atoms with Crippen LogP contribution < -0.4 is 10.5 Å². The highest BCUT2D eigenvalue weighted by molar-refractivity contribution is 5.76. The van der Waals surface area contributed by atoms with Crippen molar-refractivity contribution in [3.05, 3.63) is 46.5 Å². The first-order chi connectivity index (χ1) is 16.3. The number of nitrogens with zero attached hydrogens (tertiary/aromatic N) is 5. The molecule has 8 heteroatoms. The van der Waals surface area contributed by atoms with E-state index in [0.717, 1.165) is 45.2 Å². The summed E-state index contributed by atoms with van der Waals surface area (Å²) in [6.45, 7) is 3.01. The van der Waals surface area contributed by atoms with E-state index in [4.69, 9.17) is 0 Å². The van der Waals surface area contributed by atoms with Crippen LogP contribution in [0.4, 0.5) is 5.82 Å². The molecule has 3 aliphatic rings. The van der Waals surface area contributed by atoms with Crippen molar-refractivity contribution in [1.82, 2.24) is 19.4 Å². The Kier molecular flexibility index (Phi) is 7.88. The normalized spacial score (nSPS) is 22.7. The van der Waals surface area contributed by atoms with Crippen molar-refractivity contribution in [2.45, 2.75) is 69.6 Å². The van der Waals surface area contributed by atoms with Crippen LogP contribution in [0.2, 0.25) is 0 Å². The quantitative estimate of drug-likeness (QED) is 0.659. The number of carbonyl (C=O) groups excluding carboxylic acids is 1. The number of likely N-dealkylation sites (tertiary alicyclic amines) is 1. The summed E-state index contributed by atoms with van der Waals surface area (Å²) in [7, 11) is 4.18. The Hall–Kier alpha value is -2.45. The summed E-state index contributed by atoms with van der Waals surface area (Å²) in [6.07, 6.45) is 14.6.